The molecule has 1 fully saturated rings. The molecule has 0 saturated carbocycles. The van der Waals surface area contributed by atoms with Crippen molar-refractivity contribution in [3.8, 4) is 0 Å². The summed E-state index contributed by atoms with van der Waals surface area (Å²) in [6.07, 6.45) is 4.25. The lowest BCUT2D eigenvalue weighted by Crippen LogP contribution is -2.42. The summed E-state index contributed by atoms with van der Waals surface area (Å²) in [5.41, 5.74) is 6.74. The predicted molar refractivity (Wildman–Crippen MR) is 88.4 cm³/mol. The van der Waals surface area contributed by atoms with E-state index in [4.69, 9.17) is 10.5 Å². The van der Waals surface area contributed by atoms with Crippen LogP contribution in [-0.2, 0) is 9.53 Å². The van der Waals surface area contributed by atoms with Gasteiger partial charge in [0.05, 0.1) is 12.0 Å². The number of hydrogen-bond acceptors (Lipinski definition) is 2. The number of amides is 1. The molecule has 1 amide bonds. The molecule has 0 aliphatic carbocycles. The molecular formula is C16H20INO2. The fraction of sp³-hybridized carbons (Fsp3) is 0.438. The molecule has 2 rings (SSSR count). The van der Waals surface area contributed by atoms with Crippen molar-refractivity contribution in [3.63, 3.8) is 0 Å². The Morgan fingerprint density at radius 3 is 3.05 bits per heavy atom. The van der Waals surface area contributed by atoms with Crippen molar-refractivity contribution in [2.24, 2.45) is 11.7 Å². The van der Waals surface area contributed by atoms with Crippen LogP contribution in [0.4, 0.5) is 0 Å². The highest BCUT2D eigenvalue weighted by molar-refractivity contribution is 14.1. The summed E-state index contributed by atoms with van der Waals surface area (Å²) >= 11 is 2.30. The van der Waals surface area contributed by atoms with Crippen LogP contribution < -0.4 is 5.73 Å². The molecule has 108 valence electrons. The summed E-state index contributed by atoms with van der Waals surface area (Å²) in [6, 6.07) is 8.33. The predicted octanol–water partition coefficient (Wildman–Crippen LogP) is 3.23. The normalized spacial score (nSPS) is 24.1. The fourth-order valence-corrected chi connectivity index (χ4v) is 3.45. The second-order valence-electron chi connectivity index (χ2n) is 5.17. The zero-order valence-electron chi connectivity index (χ0n) is 11.4. The quantitative estimate of drug-likeness (QED) is 0.625. The Kier molecular flexibility index (Phi) is 5.60. The first-order valence-electron chi connectivity index (χ1n) is 6.90. The lowest BCUT2D eigenvalue weighted by Gasteiger charge is -2.35. The Morgan fingerprint density at radius 2 is 2.40 bits per heavy atom. The topological polar surface area (TPSA) is 52.3 Å². The summed E-state index contributed by atoms with van der Waals surface area (Å²) < 4.78 is 7.09. The second kappa shape index (κ2) is 7.22. The van der Waals surface area contributed by atoms with Gasteiger partial charge in [-0.15, -0.1) is 6.58 Å². The van der Waals surface area contributed by atoms with Gasteiger partial charge in [-0.1, -0.05) is 18.2 Å². The van der Waals surface area contributed by atoms with Crippen LogP contribution in [0, 0.1) is 9.49 Å². The van der Waals surface area contributed by atoms with E-state index in [-0.39, 0.29) is 23.8 Å². The summed E-state index contributed by atoms with van der Waals surface area (Å²) in [7, 11) is 0. The number of carbonyl (C=O) groups is 1. The van der Waals surface area contributed by atoms with Crippen LogP contribution in [0.25, 0.3) is 0 Å². The third kappa shape index (κ3) is 3.61. The monoisotopic (exact) mass is 385 g/mol. The average Bonchev–Trinajstić information content (AvgIpc) is 2.44. The van der Waals surface area contributed by atoms with Crippen molar-refractivity contribution < 1.29 is 9.53 Å². The number of primary amides is 1. The molecule has 20 heavy (non-hydrogen) atoms. The molecule has 1 aliphatic heterocycles. The molecule has 4 heteroatoms. The van der Waals surface area contributed by atoms with Gasteiger partial charge in [-0.3, -0.25) is 4.79 Å². The van der Waals surface area contributed by atoms with Gasteiger partial charge in [0.2, 0.25) is 5.91 Å². The van der Waals surface area contributed by atoms with Gasteiger partial charge in [-0.05, 0) is 59.5 Å². The number of ether oxygens (including phenoxy) is 1. The highest BCUT2D eigenvalue weighted by atomic mass is 127. The van der Waals surface area contributed by atoms with Crippen molar-refractivity contribution in [2.45, 2.75) is 31.3 Å². The van der Waals surface area contributed by atoms with E-state index in [0.29, 0.717) is 6.61 Å². The number of allylic oxidation sites excluding steroid dienone is 1. The van der Waals surface area contributed by atoms with E-state index in [1.165, 1.54) is 9.13 Å². The summed E-state index contributed by atoms with van der Waals surface area (Å²) in [5, 5.41) is 0. The lowest BCUT2D eigenvalue weighted by molar-refractivity contribution is -0.132. The van der Waals surface area contributed by atoms with Crippen LogP contribution in [0.1, 0.15) is 30.7 Å². The number of hydrogen-bond donors (Lipinski definition) is 1. The van der Waals surface area contributed by atoms with Gasteiger partial charge < -0.3 is 10.5 Å². The molecular weight excluding hydrogens is 365 g/mol. The summed E-state index contributed by atoms with van der Waals surface area (Å²) in [4.78, 5) is 11.7. The first kappa shape index (κ1) is 15.5. The minimum absolute atomic E-state index is 0.139. The van der Waals surface area contributed by atoms with Crippen LogP contribution in [0.15, 0.2) is 36.9 Å². The Bertz CT molecular complexity index is 489. The van der Waals surface area contributed by atoms with E-state index in [9.17, 15) is 4.79 Å². The second-order valence-corrected chi connectivity index (χ2v) is 6.42. The van der Waals surface area contributed by atoms with E-state index in [0.717, 1.165) is 19.3 Å². The largest absolute Gasteiger partial charge is 0.377 e. The number of nitrogens with two attached hydrogens (primary N) is 1. The molecule has 1 heterocycles. The summed E-state index contributed by atoms with van der Waals surface area (Å²) in [5.74, 6) is -0.319. The van der Waals surface area contributed by atoms with Crippen LogP contribution in [0.3, 0.4) is 0 Å². The zero-order chi connectivity index (χ0) is 14.5. The van der Waals surface area contributed by atoms with Crippen molar-refractivity contribution in [1.29, 1.82) is 0 Å². The van der Waals surface area contributed by atoms with E-state index in [1.807, 2.05) is 12.1 Å². The highest BCUT2D eigenvalue weighted by Gasteiger charge is 2.36. The molecule has 0 radical (unpaired) electrons. The molecule has 3 nitrogen and oxygen atoms in total. The highest BCUT2D eigenvalue weighted by Crippen LogP contribution is 2.35. The lowest BCUT2D eigenvalue weighted by atomic mass is 9.80. The zero-order valence-corrected chi connectivity index (χ0v) is 13.6. The molecule has 1 aromatic rings. The molecule has 3 atom stereocenters. The number of rotatable bonds is 5. The van der Waals surface area contributed by atoms with Crippen molar-refractivity contribution in [2.75, 3.05) is 6.61 Å². The maximum Gasteiger partial charge on any atom is 0.223 e. The average molecular weight is 385 g/mol. The number of benzene rings is 1. The van der Waals surface area contributed by atoms with Crippen LogP contribution >= 0.6 is 22.6 Å². The standard InChI is InChI=1S/C16H20INO2/c1-2-5-13(11-6-3-7-12(17)10-11)15-14(16(18)19)8-4-9-20-15/h2-3,6-7,10,13-15H,1,4-5,8-9H2,(H2,18,19)/t13-,14?,15?/m0/s1. The molecule has 1 saturated heterocycles. The number of carbonyl (C=O) groups excluding carboxylic acids is 1. The van der Waals surface area contributed by atoms with Crippen LogP contribution in [0.2, 0.25) is 0 Å². The summed E-state index contributed by atoms with van der Waals surface area (Å²) in [6.45, 7) is 4.54. The van der Waals surface area contributed by atoms with Gasteiger partial charge in [0.15, 0.2) is 0 Å². The maximum absolute atomic E-state index is 11.7. The Labute approximate surface area is 133 Å². The molecule has 0 aromatic heterocycles. The Balaban J connectivity index is 2.30. The van der Waals surface area contributed by atoms with E-state index in [1.54, 1.807) is 0 Å². The minimum atomic E-state index is -0.255. The van der Waals surface area contributed by atoms with E-state index < -0.39 is 0 Å². The van der Waals surface area contributed by atoms with E-state index >= 15 is 0 Å². The third-order valence-corrected chi connectivity index (χ3v) is 4.50. The van der Waals surface area contributed by atoms with Crippen LogP contribution in [-0.4, -0.2) is 18.6 Å². The molecule has 2 N–H and O–H groups in total. The maximum atomic E-state index is 11.7. The van der Waals surface area contributed by atoms with Crippen molar-refractivity contribution in [1.82, 2.24) is 0 Å². The van der Waals surface area contributed by atoms with Gasteiger partial charge in [0.25, 0.3) is 0 Å². The Hall–Kier alpha value is -0.880. The van der Waals surface area contributed by atoms with Crippen molar-refractivity contribution in [3.05, 3.63) is 46.1 Å². The molecule has 2 unspecified atom stereocenters. The third-order valence-electron chi connectivity index (χ3n) is 3.83. The van der Waals surface area contributed by atoms with Gasteiger partial charge >= 0.3 is 0 Å². The van der Waals surface area contributed by atoms with Crippen molar-refractivity contribution >= 4 is 28.5 Å². The Morgan fingerprint density at radius 1 is 1.60 bits per heavy atom. The SMILES string of the molecule is C=CC[C@@H](c1cccc(I)c1)C1OCCCC1C(N)=O. The van der Waals surface area contributed by atoms with Gasteiger partial charge in [0.1, 0.15) is 0 Å². The number of halogens is 1. The minimum Gasteiger partial charge on any atom is -0.377 e. The van der Waals surface area contributed by atoms with Gasteiger partial charge in [-0.25, -0.2) is 0 Å². The molecule has 0 spiro atoms. The molecule has 1 aromatic carbocycles. The van der Waals surface area contributed by atoms with E-state index in [2.05, 4.69) is 47.4 Å². The van der Waals surface area contributed by atoms with Gasteiger partial charge in [-0.2, -0.15) is 0 Å². The van der Waals surface area contributed by atoms with Crippen LogP contribution in [0.5, 0.6) is 0 Å². The smallest absolute Gasteiger partial charge is 0.223 e. The first-order valence-corrected chi connectivity index (χ1v) is 7.98. The fourth-order valence-electron chi connectivity index (χ4n) is 2.88. The van der Waals surface area contributed by atoms with Gasteiger partial charge in [0, 0.05) is 16.1 Å². The molecule has 0 bridgehead atoms. The molecule has 1 aliphatic rings. The first-order chi connectivity index (χ1) is 9.63.